The molecule has 1 unspecified atom stereocenters. The summed E-state index contributed by atoms with van der Waals surface area (Å²) in [6.45, 7) is 3.53. The van der Waals surface area contributed by atoms with Crippen molar-refractivity contribution in [3.63, 3.8) is 0 Å². The number of aliphatic hydroxyl groups is 1. The molecule has 0 saturated heterocycles. The lowest BCUT2D eigenvalue weighted by atomic mass is 10.2. The van der Waals surface area contributed by atoms with Crippen LogP contribution in [0, 0.1) is 5.92 Å². The van der Waals surface area contributed by atoms with Gasteiger partial charge in [-0.3, -0.25) is 0 Å². The van der Waals surface area contributed by atoms with Crippen molar-refractivity contribution < 1.29 is 15.0 Å². The predicted molar refractivity (Wildman–Crippen MR) is 30.9 cm³/mol. The fraction of sp³-hybridized carbons (Fsp3) is 0.500. The van der Waals surface area contributed by atoms with E-state index in [1.807, 2.05) is 0 Å². The number of aliphatic carboxylic acids is 1. The van der Waals surface area contributed by atoms with Crippen molar-refractivity contribution in [3.05, 3.63) is 12.2 Å². The van der Waals surface area contributed by atoms with Gasteiger partial charge in [-0.05, 0) is 6.42 Å². The second-order valence-electron chi connectivity index (χ2n) is 2.25. The molecule has 2 atom stereocenters. The van der Waals surface area contributed by atoms with Crippen molar-refractivity contribution >= 4 is 5.97 Å². The van der Waals surface area contributed by atoms with Crippen LogP contribution in [0.1, 0.15) is 6.42 Å². The van der Waals surface area contributed by atoms with Gasteiger partial charge in [-0.2, -0.15) is 0 Å². The molecule has 0 heterocycles. The fourth-order valence-corrected chi connectivity index (χ4v) is 0.731. The highest BCUT2D eigenvalue weighted by Gasteiger charge is 2.38. The van der Waals surface area contributed by atoms with E-state index in [0.29, 0.717) is 6.42 Å². The highest BCUT2D eigenvalue weighted by Crippen LogP contribution is 2.38. The third kappa shape index (κ3) is 1.10. The molecule has 3 nitrogen and oxygen atoms in total. The van der Waals surface area contributed by atoms with Crippen LogP contribution in [0.4, 0.5) is 0 Å². The molecule has 0 radical (unpaired) electrons. The van der Waals surface area contributed by atoms with Gasteiger partial charge in [0, 0.05) is 5.92 Å². The van der Waals surface area contributed by atoms with Crippen molar-refractivity contribution in [1.82, 2.24) is 0 Å². The van der Waals surface area contributed by atoms with E-state index in [9.17, 15) is 4.79 Å². The third-order valence-corrected chi connectivity index (χ3v) is 1.48. The lowest BCUT2D eigenvalue weighted by Gasteiger charge is -1.98. The molecule has 0 amide bonds. The van der Waals surface area contributed by atoms with Crippen LogP contribution in [-0.2, 0) is 4.79 Å². The Morgan fingerprint density at radius 1 is 1.89 bits per heavy atom. The van der Waals surface area contributed by atoms with Crippen molar-refractivity contribution in [3.8, 4) is 0 Å². The van der Waals surface area contributed by atoms with E-state index in [4.69, 9.17) is 10.2 Å². The van der Waals surface area contributed by atoms with E-state index >= 15 is 0 Å². The van der Waals surface area contributed by atoms with E-state index < -0.39 is 12.1 Å². The minimum absolute atomic E-state index is 0.178. The molecule has 1 rings (SSSR count). The number of aliphatic hydroxyl groups excluding tert-OH is 1. The van der Waals surface area contributed by atoms with Crippen LogP contribution in [0.2, 0.25) is 0 Å². The molecule has 0 aromatic heterocycles. The summed E-state index contributed by atoms with van der Waals surface area (Å²) in [5.41, 5.74) is 0.838. The van der Waals surface area contributed by atoms with Crippen molar-refractivity contribution in [2.24, 2.45) is 5.92 Å². The van der Waals surface area contributed by atoms with Gasteiger partial charge in [0.1, 0.15) is 0 Å². The second kappa shape index (κ2) is 1.84. The minimum Gasteiger partial charge on any atom is -0.479 e. The monoisotopic (exact) mass is 128 g/mol. The predicted octanol–water partition coefficient (Wildman–Crippen LogP) is 0.00800. The van der Waals surface area contributed by atoms with Crippen LogP contribution in [0.15, 0.2) is 12.2 Å². The zero-order valence-electron chi connectivity index (χ0n) is 4.87. The topological polar surface area (TPSA) is 57.5 Å². The van der Waals surface area contributed by atoms with Crippen molar-refractivity contribution in [2.45, 2.75) is 12.5 Å². The highest BCUT2D eigenvalue weighted by molar-refractivity contribution is 5.74. The van der Waals surface area contributed by atoms with Gasteiger partial charge in [0.05, 0.1) is 0 Å². The van der Waals surface area contributed by atoms with Gasteiger partial charge in [-0.1, -0.05) is 12.2 Å². The first-order chi connectivity index (χ1) is 4.13. The first kappa shape index (κ1) is 6.29. The van der Waals surface area contributed by atoms with E-state index in [2.05, 4.69) is 6.58 Å². The summed E-state index contributed by atoms with van der Waals surface area (Å²) < 4.78 is 0. The number of carboxylic acids is 1. The summed E-state index contributed by atoms with van der Waals surface area (Å²) in [5.74, 6) is -1.33. The molecule has 0 spiro atoms. The van der Waals surface area contributed by atoms with Gasteiger partial charge in [0.25, 0.3) is 0 Å². The average molecular weight is 128 g/mol. The Kier molecular flexibility index (Phi) is 1.29. The lowest BCUT2D eigenvalue weighted by Crippen LogP contribution is -2.21. The van der Waals surface area contributed by atoms with E-state index in [0.717, 1.165) is 5.57 Å². The first-order valence-electron chi connectivity index (χ1n) is 2.71. The van der Waals surface area contributed by atoms with Crippen LogP contribution in [0.3, 0.4) is 0 Å². The maximum absolute atomic E-state index is 10.0. The zero-order valence-corrected chi connectivity index (χ0v) is 4.87. The number of carbonyl (C=O) groups is 1. The Balaban J connectivity index is 2.45. The summed E-state index contributed by atoms with van der Waals surface area (Å²) in [4.78, 5) is 10.0. The quantitative estimate of drug-likeness (QED) is 0.515. The van der Waals surface area contributed by atoms with Crippen LogP contribution in [0.25, 0.3) is 0 Å². The molecule has 1 aliphatic carbocycles. The molecular formula is C6H8O3. The van der Waals surface area contributed by atoms with Crippen LogP contribution >= 0.6 is 0 Å². The van der Waals surface area contributed by atoms with Crippen molar-refractivity contribution in [2.75, 3.05) is 0 Å². The molecule has 9 heavy (non-hydrogen) atoms. The van der Waals surface area contributed by atoms with Gasteiger partial charge in [0.15, 0.2) is 6.10 Å². The summed E-state index contributed by atoms with van der Waals surface area (Å²) >= 11 is 0. The van der Waals surface area contributed by atoms with Crippen LogP contribution in [-0.4, -0.2) is 22.3 Å². The zero-order chi connectivity index (χ0) is 7.02. The molecule has 50 valence electrons. The van der Waals surface area contributed by atoms with E-state index in [1.54, 1.807) is 0 Å². The Morgan fingerprint density at radius 3 is 2.44 bits per heavy atom. The van der Waals surface area contributed by atoms with Gasteiger partial charge in [0.2, 0.25) is 0 Å². The number of hydrogen-bond acceptors (Lipinski definition) is 2. The summed E-state index contributed by atoms with van der Waals surface area (Å²) in [7, 11) is 0. The smallest absolute Gasteiger partial charge is 0.333 e. The molecule has 0 aromatic rings. The Hall–Kier alpha value is -0.830. The third-order valence-electron chi connectivity index (χ3n) is 1.48. The van der Waals surface area contributed by atoms with Crippen molar-refractivity contribution in [1.29, 1.82) is 0 Å². The molecule has 0 aliphatic heterocycles. The molecule has 2 N–H and O–H groups in total. The lowest BCUT2D eigenvalue weighted by molar-refractivity contribution is -0.147. The van der Waals surface area contributed by atoms with E-state index in [1.165, 1.54) is 0 Å². The SMILES string of the molecule is C=C1C[C@H]1C(O)C(=O)O. The summed E-state index contributed by atoms with van der Waals surface area (Å²) in [6.07, 6.45) is -0.564. The average Bonchev–Trinajstić information content (AvgIpc) is 2.44. The highest BCUT2D eigenvalue weighted by atomic mass is 16.4. The van der Waals surface area contributed by atoms with Crippen LogP contribution in [0.5, 0.6) is 0 Å². The maximum atomic E-state index is 10.0. The molecule has 1 aliphatic rings. The standard InChI is InChI=1S/C6H8O3/c1-3-2-4(3)5(7)6(8)9/h4-5,7H,1-2H2,(H,8,9)/t4-,5?/m1/s1. The summed E-state index contributed by atoms with van der Waals surface area (Å²) in [6, 6.07) is 0. The molecule has 0 bridgehead atoms. The largest absolute Gasteiger partial charge is 0.479 e. The first-order valence-corrected chi connectivity index (χ1v) is 2.71. The van der Waals surface area contributed by atoms with E-state index in [-0.39, 0.29) is 5.92 Å². The maximum Gasteiger partial charge on any atom is 0.333 e. The second-order valence-corrected chi connectivity index (χ2v) is 2.25. The molecule has 3 heteroatoms. The van der Waals surface area contributed by atoms with Gasteiger partial charge >= 0.3 is 5.97 Å². The summed E-state index contributed by atoms with van der Waals surface area (Å²) in [5, 5.41) is 17.0. The van der Waals surface area contributed by atoms with Gasteiger partial charge < -0.3 is 10.2 Å². The molecule has 0 aromatic carbocycles. The molecule has 1 saturated carbocycles. The Morgan fingerprint density at radius 2 is 2.33 bits per heavy atom. The number of rotatable bonds is 2. The molecule has 1 fully saturated rings. The minimum atomic E-state index is -1.22. The fourth-order valence-electron chi connectivity index (χ4n) is 0.731. The Bertz CT molecular complexity index is 162. The van der Waals surface area contributed by atoms with Crippen LogP contribution < -0.4 is 0 Å². The molecular weight excluding hydrogens is 120 g/mol. The van der Waals surface area contributed by atoms with Gasteiger partial charge in [-0.15, -0.1) is 0 Å². The number of hydrogen-bond donors (Lipinski definition) is 2. The van der Waals surface area contributed by atoms with Gasteiger partial charge in [-0.25, -0.2) is 4.79 Å². The number of carboxylic acid groups (broad SMARTS) is 1. The normalized spacial score (nSPS) is 27.7. The Labute approximate surface area is 52.6 Å².